The lowest BCUT2D eigenvalue weighted by Gasteiger charge is -2.10. The van der Waals surface area contributed by atoms with Gasteiger partial charge in [-0.15, -0.1) is 0 Å². The Balaban J connectivity index is 2.29. The van der Waals surface area contributed by atoms with Crippen LogP contribution < -0.4 is 10.3 Å². The second kappa shape index (κ2) is 5.33. The predicted molar refractivity (Wildman–Crippen MR) is 83.8 cm³/mol. The van der Waals surface area contributed by atoms with Gasteiger partial charge in [-0.05, 0) is 58.4 Å². The average Bonchev–Trinajstić information content (AvgIpc) is 2.51. The Hall–Kier alpha value is -2.14. The maximum absolute atomic E-state index is 13.0. The van der Waals surface area contributed by atoms with Gasteiger partial charge < -0.3 is 4.74 Å². The molecule has 0 amide bonds. The van der Waals surface area contributed by atoms with Crippen molar-refractivity contribution < 1.29 is 9.13 Å². The Kier molecular flexibility index (Phi) is 3.51. The molecular formula is C16H11BrFNO2. The number of hydrogen-bond donors (Lipinski definition) is 0. The first kappa shape index (κ1) is 13.8. The number of pyridine rings is 1. The third kappa shape index (κ3) is 2.45. The first-order chi connectivity index (χ1) is 10.1. The Morgan fingerprint density at radius 3 is 2.48 bits per heavy atom. The predicted octanol–water partition coefficient (Wildman–Crippen LogP) is 3.90. The molecule has 0 saturated carbocycles. The van der Waals surface area contributed by atoms with Gasteiger partial charge in [0.25, 0.3) is 5.56 Å². The second-order valence-corrected chi connectivity index (χ2v) is 5.39. The van der Waals surface area contributed by atoms with Crippen LogP contribution in [0.4, 0.5) is 4.39 Å². The Labute approximate surface area is 128 Å². The molecule has 3 nitrogen and oxygen atoms in total. The summed E-state index contributed by atoms with van der Waals surface area (Å²) in [5, 5.41) is 1.34. The highest BCUT2D eigenvalue weighted by Gasteiger charge is 2.09. The summed E-state index contributed by atoms with van der Waals surface area (Å²) in [7, 11) is 1.58. The molecule has 21 heavy (non-hydrogen) atoms. The second-order valence-electron chi connectivity index (χ2n) is 4.54. The molecule has 0 spiro atoms. The molecule has 0 atom stereocenters. The highest BCUT2D eigenvalue weighted by atomic mass is 79.9. The van der Waals surface area contributed by atoms with Crippen LogP contribution in [0.2, 0.25) is 0 Å². The van der Waals surface area contributed by atoms with Gasteiger partial charge in [0, 0.05) is 27.1 Å². The largest absolute Gasteiger partial charge is 0.497 e. The zero-order valence-corrected chi connectivity index (χ0v) is 12.7. The minimum atomic E-state index is -0.337. The SMILES string of the molecule is COc1ccc2c(=O)n(-c3ccc(F)cc3)cc(Br)c2c1. The summed E-state index contributed by atoms with van der Waals surface area (Å²) >= 11 is 3.47. The van der Waals surface area contributed by atoms with Gasteiger partial charge in [0.2, 0.25) is 0 Å². The van der Waals surface area contributed by atoms with Crippen LogP contribution in [0.3, 0.4) is 0 Å². The molecule has 0 radical (unpaired) electrons. The van der Waals surface area contributed by atoms with E-state index in [0.29, 0.717) is 16.8 Å². The van der Waals surface area contributed by atoms with Gasteiger partial charge in [0.1, 0.15) is 11.6 Å². The molecule has 0 N–H and O–H groups in total. The van der Waals surface area contributed by atoms with E-state index in [1.165, 1.54) is 16.7 Å². The topological polar surface area (TPSA) is 31.2 Å². The monoisotopic (exact) mass is 347 g/mol. The van der Waals surface area contributed by atoms with Gasteiger partial charge in [-0.2, -0.15) is 0 Å². The van der Waals surface area contributed by atoms with Gasteiger partial charge in [0.15, 0.2) is 0 Å². The highest BCUT2D eigenvalue weighted by Crippen LogP contribution is 2.26. The van der Waals surface area contributed by atoms with Crippen LogP contribution >= 0.6 is 15.9 Å². The fraction of sp³-hybridized carbons (Fsp3) is 0.0625. The number of ether oxygens (including phenoxy) is 1. The minimum absolute atomic E-state index is 0.164. The number of methoxy groups -OCH3 is 1. The summed E-state index contributed by atoms with van der Waals surface area (Å²) in [6.45, 7) is 0. The summed E-state index contributed by atoms with van der Waals surface area (Å²) < 4.78 is 20.4. The van der Waals surface area contributed by atoms with Crippen LogP contribution in [-0.2, 0) is 0 Å². The quantitative estimate of drug-likeness (QED) is 0.703. The zero-order valence-electron chi connectivity index (χ0n) is 11.1. The third-order valence-electron chi connectivity index (χ3n) is 3.28. The molecule has 0 saturated heterocycles. The van der Waals surface area contributed by atoms with Crippen molar-refractivity contribution in [2.75, 3.05) is 7.11 Å². The number of benzene rings is 2. The first-order valence-electron chi connectivity index (χ1n) is 6.25. The lowest BCUT2D eigenvalue weighted by molar-refractivity contribution is 0.415. The number of fused-ring (bicyclic) bond motifs is 1. The molecule has 0 unspecified atom stereocenters. The number of aromatic nitrogens is 1. The number of hydrogen-bond acceptors (Lipinski definition) is 2. The highest BCUT2D eigenvalue weighted by molar-refractivity contribution is 9.10. The smallest absolute Gasteiger partial charge is 0.263 e. The Bertz CT molecular complexity index is 872. The maximum Gasteiger partial charge on any atom is 0.263 e. The Morgan fingerprint density at radius 1 is 1.10 bits per heavy atom. The van der Waals surface area contributed by atoms with Gasteiger partial charge in [-0.1, -0.05) is 0 Å². The van der Waals surface area contributed by atoms with Crippen LogP contribution in [0.25, 0.3) is 16.5 Å². The van der Waals surface area contributed by atoms with Crippen molar-refractivity contribution in [1.29, 1.82) is 0 Å². The van der Waals surface area contributed by atoms with Crippen LogP contribution in [0.1, 0.15) is 0 Å². The van der Waals surface area contributed by atoms with E-state index in [9.17, 15) is 9.18 Å². The van der Waals surface area contributed by atoms with Crippen molar-refractivity contribution in [3.63, 3.8) is 0 Å². The molecule has 2 aromatic carbocycles. The van der Waals surface area contributed by atoms with E-state index in [-0.39, 0.29) is 11.4 Å². The molecule has 0 fully saturated rings. The van der Waals surface area contributed by atoms with E-state index in [4.69, 9.17) is 4.74 Å². The van der Waals surface area contributed by atoms with Crippen molar-refractivity contribution in [1.82, 2.24) is 4.57 Å². The molecule has 106 valence electrons. The minimum Gasteiger partial charge on any atom is -0.497 e. The molecule has 0 bridgehead atoms. The van der Waals surface area contributed by atoms with E-state index >= 15 is 0 Å². The fourth-order valence-electron chi connectivity index (χ4n) is 2.20. The summed E-state index contributed by atoms with van der Waals surface area (Å²) in [6.07, 6.45) is 1.68. The van der Waals surface area contributed by atoms with Crippen molar-refractivity contribution in [2.24, 2.45) is 0 Å². The van der Waals surface area contributed by atoms with Crippen LogP contribution in [-0.4, -0.2) is 11.7 Å². The average molecular weight is 348 g/mol. The number of rotatable bonds is 2. The Morgan fingerprint density at radius 2 is 1.81 bits per heavy atom. The molecular weight excluding hydrogens is 337 g/mol. The molecule has 1 heterocycles. The molecule has 5 heteroatoms. The number of nitrogens with zero attached hydrogens (tertiary/aromatic N) is 1. The van der Waals surface area contributed by atoms with E-state index in [1.54, 1.807) is 43.6 Å². The molecule has 3 rings (SSSR count). The standard InChI is InChI=1S/C16H11BrFNO2/c1-21-12-6-7-13-14(8-12)15(17)9-19(16(13)20)11-4-2-10(18)3-5-11/h2-9H,1H3. The van der Waals surface area contributed by atoms with Crippen molar-refractivity contribution in [3.8, 4) is 11.4 Å². The van der Waals surface area contributed by atoms with Gasteiger partial charge in [-0.3, -0.25) is 9.36 Å². The lowest BCUT2D eigenvalue weighted by Crippen LogP contribution is -2.18. The van der Waals surface area contributed by atoms with Crippen molar-refractivity contribution in [2.45, 2.75) is 0 Å². The van der Waals surface area contributed by atoms with Crippen LogP contribution in [0.5, 0.6) is 5.75 Å². The molecule has 1 aromatic heterocycles. The number of halogens is 2. The molecule has 0 aliphatic carbocycles. The van der Waals surface area contributed by atoms with E-state index in [2.05, 4.69) is 15.9 Å². The molecule has 0 aliphatic heterocycles. The maximum atomic E-state index is 13.0. The normalized spacial score (nSPS) is 10.8. The van der Waals surface area contributed by atoms with Gasteiger partial charge >= 0.3 is 0 Å². The van der Waals surface area contributed by atoms with E-state index in [0.717, 1.165) is 9.86 Å². The van der Waals surface area contributed by atoms with Crippen LogP contribution in [0, 0.1) is 5.82 Å². The third-order valence-corrected chi connectivity index (χ3v) is 3.91. The van der Waals surface area contributed by atoms with E-state index < -0.39 is 0 Å². The van der Waals surface area contributed by atoms with Gasteiger partial charge in [0.05, 0.1) is 7.11 Å². The molecule has 0 aliphatic rings. The summed E-state index contributed by atoms with van der Waals surface area (Å²) in [5.74, 6) is 0.346. The van der Waals surface area contributed by atoms with Gasteiger partial charge in [-0.25, -0.2) is 4.39 Å². The zero-order chi connectivity index (χ0) is 15.0. The van der Waals surface area contributed by atoms with Crippen molar-refractivity contribution >= 4 is 26.7 Å². The lowest BCUT2D eigenvalue weighted by atomic mass is 10.1. The van der Waals surface area contributed by atoms with E-state index in [1.807, 2.05) is 0 Å². The molecule has 3 aromatic rings. The first-order valence-corrected chi connectivity index (χ1v) is 7.04. The fourth-order valence-corrected chi connectivity index (χ4v) is 2.73. The summed E-state index contributed by atoms with van der Waals surface area (Å²) in [4.78, 5) is 12.6. The van der Waals surface area contributed by atoms with Crippen molar-refractivity contribution in [3.05, 3.63) is 69.3 Å². The van der Waals surface area contributed by atoms with Crippen LogP contribution in [0.15, 0.2) is 57.9 Å². The summed E-state index contributed by atoms with van der Waals surface area (Å²) in [6, 6.07) is 11.1. The summed E-state index contributed by atoms with van der Waals surface area (Å²) in [5.41, 5.74) is 0.447.